The molecule has 4 rings (SSSR count). The zero-order valence-electron chi connectivity index (χ0n) is 12.3. The lowest BCUT2D eigenvalue weighted by atomic mass is 10.2. The van der Waals surface area contributed by atoms with E-state index in [1.165, 1.54) is 12.1 Å². The highest BCUT2D eigenvalue weighted by Gasteiger charge is 2.15. The summed E-state index contributed by atoms with van der Waals surface area (Å²) < 4.78 is 15.0. The van der Waals surface area contributed by atoms with Gasteiger partial charge in [-0.1, -0.05) is 12.1 Å². The SMILES string of the molecule is Cn1c(C(=O)Nc2nc3ccccc3[nH]2)cc2cc(F)ccc21. The molecule has 1 amide bonds. The quantitative estimate of drug-likeness (QED) is 0.596. The van der Waals surface area contributed by atoms with Gasteiger partial charge in [0.05, 0.1) is 11.0 Å². The summed E-state index contributed by atoms with van der Waals surface area (Å²) in [5, 5.41) is 3.43. The number of rotatable bonds is 2. The van der Waals surface area contributed by atoms with Gasteiger partial charge in [0.15, 0.2) is 0 Å². The van der Waals surface area contributed by atoms with Gasteiger partial charge in [0.1, 0.15) is 11.5 Å². The third-order valence-electron chi connectivity index (χ3n) is 3.86. The Morgan fingerprint density at radius 3 is 2.87 bits per heavy atom. The molecule has 2 N–H and O–H groups in total. The minimum Gasteiger partial charge on any atom is -0.340 e. The fraction of sp³-hybridized carbons (Fsp3) is 0.0588. The van der Waals surface area contributed by atoms with Crippen LogP contribution in [0.5, 0.6) is 0 Å². The fourth-order valence-corrected chi connectivity index (χ4v) is 2.72. The van der Waals surface area contributed by atoms with Crippen LogP contribution in [0.15, 0.2) is 48.5 Å². The molecule has 23 heavy (non-hydrogen) atoms. The molecule has 0 aliphatic carbocycles. The highest BCUT2D eigenvalue weighted by molar-refractivity contribution is 6.06. The van der Waals surface area contributed by atoms with Gasteiger partial charge in [0.2, 0.25) is 5.95 Å². The summed E-state index contributed by atoms with van der Waals surface area (Å²) in [6.07, 6.45) is 0. The van der Waals surface area contributed by atoms with Crippen LogP contribution in [0.4, 0.5) is 10.3 Å². The first kappa shape index (κ1) is 13.5. The van der Waals surface area contributed by atoms with Gasteiger partial charge in [0.25, 0.3) is 5.91 Å². The van der Waals surface area contributed by atoms with E-state index in [1.807, 2.05) is 24.3 Å². The van der Waals surface area contributed by atoms with E-state index in [-0.39, 0.29) is 11.7 Å². The second-order valence-electron chi connectivity index (χ2n) is 5.35. The van der Waals surface area contributed by atoms with Crippen LogP contribution in [0, 0.1) is 5.82 Å². The third kappa shape index (κ3) is 2.24. The van der Waals surface area contributed by atoms with Crippen molar-refractivity contribution in [2.75, 3.05) is 5.32 Å². The molecule has 0 saturated carbocycles. The van der Waals surface area contributed by atoms with Crippen molar-refractivity contribution in [3.63, 3.8) is 0 Å². The van der Waals surface area contributed by atoms with Gasteiger partial charge in [-0.25, -0.2) is 9.37 Å². The summed E-state index contributed by atoms with van der Waals surface area (Å²) in [5.41, 5.74) is 2.86. The van der Waals surface area contributed by atoms with Crippen LogP contribution in [0.1, 0.15) is 10.5 Å². The third-order valence-corrected chi connectivity index (χ3v) is 3.86. The number of fused-ring (bicyclic) bond motifs is 2. The van der Waals surface area contributed by atoms with Gasteiger partial charge in [-0.15, -0.1) is 0 Å². The minimum atomic E-state index is -0.327. The average molecular weight is 308 g/mol. The number of anilines is 1. The maximum Gasteiger partial charge on any atom is 0.274 e. The Bertz CT molecular complexity index is 1010. The van der Waals surface area contributed by atoms with Crippen molar-refractivity contribution < 1.29 is 9.18 Å². The zero-order valence-corrected chi connectivity index (χ0v) is 12.3. The van der Waals surface area contributed by atoms with Gasteiger partial charge < -0.3 is 9.55 Å². The first-order valence-corrected chi connectivity index (χ1v) is 7.13. The van der Waals surface area contributed by atoms with Crippen LogP contribution in [-0.2, 0) is 7.05 Å². The van der Waals surface area contributed by atoms with Crippen molar-refractivity contribution in [1.29, 1.82) is 0 Å². The molecule has 0 fully saturated rings. The standard InChI is InChI=1S/C17H13FN4O/c1-22-14-7-6-11(18)8-10(14)9-15(22)16(23)21-17-19-12-4-2-3-5-13(12)20-17/h2-9H,1H3,(H2,19,20,21,23). The van der Waals surface area contributed by atoms with Crippen LogP contribution in [0.2, 0.25) is 0 Å². The number of nitrogens with zero attached hydrogens (tertiary/aromatic N) is 2. The highest BCUT2D eigenvalue weighted by atomic mass is 19.1. The molecule has 0 saturated heterocycles. The summed E-state index contributed by atoms with van der Waals surface area (Å²) in [6.45, 7) is 0. The number of imidazole rings is 1. The van der Waals surface area contributed by atoms with Crippen LogP contribution in [0.25, 0.3) is 21.9 Å². The van der Waals surface area contributed by atoms with E-state index in [0.29, 0.717) is 17.0 Å². The number of aromatic nitrogens is 3. The maximum absolute atomic E-state index is 13.3. The molecule has 0 bridgehead atoms. The van der Waals surface area contributed by atoms with Gasteiger partial charge >= 0.3 is 0 Å². The van der Waals surface area contributed by atoms with E-state index < -0.39 is 0 Å². The van der Waals surface area contributed by atoms with Crippen molar-refractivity contribution in [1.82, 2.24) is 14.5 Å². The molecule has 2 aromatic heterocycles. The first-order valence-electron chi connectivity index (χ1n) is 7.13. The van der Waals surface area contributed by atoms with Crippen LogP contribution >= 0.6 is 0 Å². The number of amides is 1. The van der Waals surface area contributed by atoms with Crippen molar-refractivity contribution in [2.45, 2.75) is 0 Å². The lowest BCUT2D eigenvalue weighted by Gasteiger charge is -2.03. The normalized spacial score (nSPS) is 11.2. The molecule has 0 spiro atoms. The Balaban J connectivity index is 1.70. The fourth-order valence-electron chi connectivity index (χ4n) is 2.72. The van der Waals surface area contributed by atoms with Gasteiger partial charge in [-0.05, 0) is 36.4 Å². The summed E-state index contributed by atoms with van der Waals surface area (Å²) >= 11 is 0. The number of aromatic amines is 1. The van der Waals surface area contributed by atoms with E-state index in [9.17, 15) is 9.18 Å². The molecule has 0 atom stereocenters. The second-order valence-corrected chi connectivity index (χ2v) is 5.35. The molecule has 5 nitrogen and oxygen atoms in total. The Labute approximate surface area is 130 Å². The Hall–Kier alpha value is -3.15. The smallest absolute Gasteiger partial charge is 0.274 e. The molecule has 2 heterocycles. The van der Waals surface area contributed by atoms with E-state index in [2.05, 4.69) is 15.3 Å². The number of hydrogen-bond acceptors (Lipinski definition) is 2. The van der Waals surface area contributed by atoms with E-state index >= 15 is 0 Å². The number of aryl methyl sites for hydroxylation is 1. The van der Waals surface area contributed by atoms with Gasteiger partial charge in [-0.3, -0.25) is 10.1 Å². The molecule has 0 aliphatic rings. The monoisotopic (exact) mass is 308 g/mol. The van der Waals surface area contributed by atoms with Gasteiger partial charge in [-0.2, -0.15) is 0 Å². The highest BCUT2D eigenvalue weighted by Crippen LogP contribution is 2.21. The van der Waals surface area contributed by atoms with Crippen molar-refractivity contribution >= 4 is 33.8 Å². The minimum absolute atomic E-state index is 0.303. The number of benzene rings is 2. The predicted octanol–water partition coefficient (Wildman–Crippen LogP) is 3.45. The van der Waals surface area contributed by atoms with E-state index in [1.54, 1.807) is 23.7 Å². The number of H-pyrrole nitrogens is 1. The molecule has 0 unspecified atom stereocenters. The Morgan fingerprint density at radius 1 is 1.22 bits per heavy atom. The van der Waals surface area contributed by atoms with Crippen molar-refractivity contribution in [3.05, 3.63) is 60.0 Å². The van der Waals surface area contributed by atoms with E-state index in [4.69, 9.17) is 0 Å². The van der Waals surface area contributed by atoms with Gasteiger partial charge in [0, 0.05) is 18.0 Å². The van der Waals surface area contributed by atoms with Crippen molar-refractivity contribution in [2.24, 2.45) is 7.05 Å². The molecule has 4 aromatic rings. The summed E-state index contributed by atoms with van der Waals surface area (Å²) in [5.74, 6) is -0.247. The zero-order chi connectivity index (χ0) is 16.0. The van der Waals surface area contributed by atoms with Crippen LogP contribution in [-0.4, -0.2) is 20.4 Å². The number of carbonyl (C=O) groups is 1. The number of halogens is 1. The summed E-state index contributed by atoms with van der Waals surface area (Å²) in [6, 6.07) is 13.6. The Kier molecular flexibility index (Phi) is 2.90. The number of hydrogen-bond donors (Lipinski definition) is 2. The molecular formula is C17H13FN4O. The molecule has 0 radical (unpaired) electrons. The molecule has 2 aromatic carbocycles. The largest absolute Gasteiger partial charge is 0.340 e. The first-order chi connectivity index (χ1) is 11.1. The van der Waals surface area contributed by atoms with Crippen LogP contribution in [0.3, 0.4) is 0 Å². The van der Waals surface area contributed by atoms with Crippen LogP contribution < -0.4 is 5.32 Å². The predicted molar refractivity (Wildman–Crippen MR) is 86.9 cm³/mol. The maximum atomic E-state index is 13.3. The number of carbonyl (C=O) groups excluding carboxylic acids is 1. The average Bonchev–Trinajstić information content (AvgIpc) is 3.07. The lowest BCUT2D eigenvalue weighted by Crippen LogP contribution is -2.16. The van der Waals surface area contributed by atoms with Crippen molar-refractivity contribution in [3.8, 4) is 0 Å². The number of para-hydroxylation sites is 2. The summed E-state index contributed by atoms with van der Waals surface area (Å²) in [4.78, 5) is 19.8. The Morgan fingerprint density at radius 2 is 2.04 bits per heavy atom. The molecule has 0 aliphatic heterocycles. The molecule has 6 heteroatoms. The molecule has 114 valence electrons. The molecular weight excluding hydrogens is 295 g/mol. The van der Waals surface area contributed by atoms with E-state index in [0.717, 1.165) is 16.6 Å². The number of nitrogens with one attached hydrogen (secondary N) is 2. The summed E-state index contributed by atoms with van der Waals surface area (Å²) in [7, 11) is 1.77. The lowest BCUT2D eigenvalue weighted by molar-refractivity contribution is 0.101. The topological polar surface area (TPSA) is 62.7 Å². The second kappa shape index (κ2) is 4.95.